The van der Waals surface area contributed by atoms with Gasteiger partial charge in [-0.3, -0.25) is 4.79 Å². The summed E-state index contributed by atoms with van der Waals surface area (Å²) < 4.78 is 18.4. The summed E-state index contributed by atoms with van der Waals surface area (Å²) in [6, 6.07) is 5.64. The van der Waals surface area contributed by atoms with Crippen molar-refractivity contribution in [2.45, 2.75) is 25.8 Å². The van der Waals surface area contributed by atoms with Gasteiger partial charge in [0, 0.05) is 24.4 Å². The molecule has 112 valence electrons. The van der Waals surface area contributed by atoms with E-state index >= 15 is 0 Å². The van der Waals surface area contributed by atoms with Gasteiger partial charge >= 0.3 is 0 Å². The molecule has 0 bridgehead atoms. The average Bonchev–Trinajstić information content (AvgIpc) is 2.94. The van der Waals surface area contributed by atoms with Crippen molar-refractivity contribution in [1.29, 1.82) is 0 Å². The fourth-order valence-corrected chi connectivity index (χ4v) is 1.79. The predicted octanol–water partition coefficient (Wildman–Crippen LogP) is 1.91. The highest BCUT2D eigenvalue weighted by atomic mass is 19.1. The Morgan fingerprint density at radius 2 is 2.14 bits per heavy atom. The van der Waals surface area contributed by atoms with Crippen LogP contribution >= 0.6 is 0 Å². The van der Waals surface area contributed by atoms with Crippen molar-refractivity contribution in [3.8, 4) is 11.3 Å². The number of hydrogen-bond donors (Lipinski definition) is 2. The van der Waals surface area contributed by atoms with Crippen molar-refractivity contribution >= 4 is 5.91 Å². The monoisotopic (exact) mass is 292 g/mol. The third-order valence-electron chi connectivity index (χ3n) is 2.93. The summed E-state index contributed by atoms with van der Waals surface area (Å²) >= 11 is 0. The fourth-order valence-electron chi connectivity index (χ4n) is 1.79. The van der Waals surface area contributed by atoms with Gasteiger partial charge in [0.1, 0.15) is 5.82 Å². The second-order valence-electron chi connectivity index (χ2n) is 4.78. The van der Waals surface area contributed by atoms with Crippen molar-refractivity contribution in [3.63, 3.8) is 0 Å². The lowest BCUT2D eigenvalue weighted by atomic mass is 10.2. The molecule has 0 saturated carbocycles. The third kappa shape index (κ3) is 4.39. The molecule has 0 aliphatic carbocycles. The first-order valence-corrected chi connectivity index (χ1v) is 6.69. The van der Waals surface area contributed by atoms with Gasteiger partial charge in [0.05, 0.1) is 12.8 Å². The number of carbonyl (C=O) groups excluding carboxylic acids is 1. The molecule has 0 aliphatic heterocycles. The molecule has 2 N–H and O–H groups in total. The molecule has 1 heterocycles. The average molecular weight is 292 g/mol. The number of rotatable bonds is 6. The molecule has 1 aromatic carbocycles. The number of nitrogens with zero attached hydrogens (tertiary/aromatic N) is 1. The molecule has 0 fully saturated rings. The topological polar surface area (TPSA) is 75.4 Å². The lowest BCUT2D eigenvalue weighted by molar-refractivity contribution is -0.122. The fraction of sp³-hybridized carbons (Fsp3) is 0.333. The van der Waals surface area contributed by atoms with E-state index in [2.05, 4.69) is 10.3 Å². The Kier molecular flexibility index (Phi) is 5.05. The first kappa shape index (κ1) is 15.2. The number of aryl methyl sites for hydroxylation is 1. The van der Waals surface area contributed by atoms with Crippen molar-refractivity contribution in [3.05, 3.63) is 42.2 Å². The molecule has 0 aliphatic rings. The minimum Gasteiger partial charge on any atom is -0.441 e. The summed E-state index contributed by atoms with van der Waals surface area (Å²) in [6.07, 6.45) is 2.15. The largest absolute Gasteiger partial charge is 0.441 e. The molecule has 1 unspecified atom stereocenters. The van der Waals surface area contributed by atoms with Crippen LogP contribution in [-0.4, -0.2) is 28.6 Å². The van der Waals surface area contributed by atoms with Crippen LogP contribution in [0.1, 0.15) is 19.2 Å². The molecule has 0 saturated heterocycles. The van der Waals surface area contributed by atoms with Crippen molar-refractivity contribution < 1.29 is 18.7 Å². The Labute approximate surface area is 121 Å². The van der Waals surface area contributed by atoms with E-state index in [1.807, 2.05) is 0 Å². The molecule has 1 aromatic heterocycles. The first-order chi connectivity index (χ1) is 10.1. The van der Waals surface area contributed by atoms with Crippen LogP contribution in [0.25, 0.3) is 11.3 Å². The van der Waals surface area contributed by atoms with E-state index in [-0.39, 0.29) is 30.8 Å². The zero-order valence-corrected chi connectivity index (χ0v) is 11.7. The van der Waals surface area contributed by atoms with Gasteiger partial charge in [-0.1, -0.05) is 0 Å². The maximum atomic E-state index is 12.8. The van der Waals surface area contributed by atoms with E-state index in [1.54, 1.807) is 25.3 Å². The van der Waals surface area contributed by atoms with Gasteiger partial charge in [0.15, 0.2) is 11.7 Å². The van der Waals surface area contributed by atoms with Gasteiger partial charge in [-0.2, -0.15) is 0 Å². The standard InChI is InChI=1S/C15H17FN2O3/c1-10(9-19)18-14(20)6-7-15-17-8-13(21-15)11-2-4-12(16)5-3-11/h2-5,8,10,19H,6-7,9H2,1H3,(H,18,20). The molecule has 6 heteroatoms. The van der Waals surface area contributed by atoms with Crippen molar-refractivity contribution in [1.82, 2.24) is 10.3 Å². The van der Waals surface area contributed by atoms with Crippen LogP contribution in [0.4, 0.5) is 4.39 Å². The van der Waals surface area contributed by atoms with E-state index in [1.165, 1.54) is 12.1 Å². The molecule has 5 nitrogen and oxygen atoms in total. The van der Waals surface area contributed by atoms with Crippen molar-refractivity contribution in [2.75, 3.05) is 6.61 Å². The number of aliphatic hydroxyl groups excluding tert-OH is 1. The number of amides is 1. The number of hydrogen-bond acceptors (Lipinski definition) is 4. The Bertz CT molecular complexity index is 595. The number of benzene rings is 1. The molecule has 0 spiro atoms. The maximum Gasteiger partial charge on any atom is 0.220 e. The van der Waals surface area contributed by atoms with E-state index in [4.69, 9.17) is 9.52 Å². The molecule has 21 heavy (non-hydrogen) atoms. The Morgan fingerprint density at radius 1 is 1.43 bits per heavy atom. The number of oxazole rings is 1. The summed E-state index contributed by atoms with van der Waals surface area (Å²) in [4.78, 5) is 15.7. The molecule has 2 rings (SSSR count). The number of nitrogens with one attached hydrogen (secondary N) is 1. The third-order valence-corrected chi connectivity index (χ3v) is 2.93. The summed E-state index contributed by atoms with van der Waals surface area (Å²) in [7, 11) is 0. The van der Waals surface area contributed by atoms with Gasteiger partial charge < -0.3 is 14.8 Å². The van der Waals surface area contributed by atoms with Crippen LogP contribution in [0.15, 0.2) is 34.9 Å². The SMILES string of the molecule is CC(CO)NC(=O)CCc1ncc(-c2ccc(F)cc2)o1. The Balaban J connectivity index is 1.91. The van der Waals surface area contributed by atoms with Crippen LogP contribution in [-0.2, 0) is 11.2 Å². The number of carbonyl (C=O) groups is 1. The number of aliphatic hydroxyl groups is 1. The van der Waals surface area contributed by atoms with Gasteiger partial charge in [-0.05, 0) is 31.2 Å². The van der Waals surface area contributed by atoms with Crippen molar-refractivity contribution in [2.24, 2.45) is 0 Å². The van der Waals surface area contributed by atoms with E-state index in [0.717, 1.165) is 5.56 Å². The molecule has 1 atom stereocenters. The summed E-state index contributed by atoms with van der Waals surface area (Å²) in [5, 5.41) is 11.5. The highest BCUT2D eigenvalue weighted by molar-refractivity contribution is 5.76. The normalized spacial score (nSPS) is 12.1. The second kappa shape index (κ2) is 6.99. The van der Waals surface area contributed by atoms with Gasteiger partial charge in [-0.15, -0.1) is 0 Å². The predicted molar refractivity (Wildman–Crippen MR) is 74.9 cm³/mol. The minimum atomic E-state index is -0.312. The van der Waals surface area contributed by atoms with Crippen LogP contribution < -0.4 is 5.32 Å². The summed E-state index contributed by atoms with van der Waals surface area (Å²) in [5.74, 6) is 0.501. The second-order valence-corrected chi connectivity index (χ2v) is 4.78. The van der Waals surface area contributed by atoms with Gasteiger partial charge in [-0.25, -0.2) is 9.37 Å². The molecular formula is C15H17FN2O3. The Morgan fingerprint density at radius 3 is 2.81 bits per heavy atom. The zero-order valence-electron chi connectivity index (χ0n) is 11.7. The number of aromatic nitrogens is 1. The van der Waals surface area contributed by atoms with E-state index in [0.29, 0.717) is 18.1 Å². The smallest absolute Gasteiger partial charge is 0.220 e. The van der Waals surface area contributed by atoms with Gasteiger partial charge in [0.2, 0.25) is 5.91 Å². The molecular weight excluding hydrogens is 275 g/mol. The lowest BCUT2D eigenvalue weighted by Gasteiger charge is -2.09. The van der Waals surface area contributed by atoms with Crippen LogP contribution in [0.5, 0.6) is 0 Å². The van der Waals surface area contributed by atoms with E-state index in [9.17, 15) is 9.18 Å². The first-order valence-electron chi connectivity index (χ1n) is 6.69. The highest BCUT2D eigenvalue weighted by Gasteiger charge is 2.10. The van der Waals surface area contributed by atoms with Crippen LogP contribution in [0.3, 0.4) is 0 Å². The minimum absolute atomic E-state index is 0.0978. The van der Waals surface area contributed by atoms with Crippen LogP contribution in [0.2, 0.25) is 0 Å². The molecule has 0 radical (unpaired) electrons. The summed E-state index contributed by atoms with van der Waals surface area (Å²) in [5.41, 5.74) is 0.730. The maximum absolute atomic E-state index is 12.8. The number of halogens is 1. The van der Waals surface area contributed by atoms with Crippen LogP contribution in [0, 0.1) is 5.82 Å². The summed E-state index contributed by atoms with van der Waals surface area (Å²) in [6.45, 7) is 1.62. The molecule has 1 amide bonds. The lowest BCUT2D eigenvalue weighted by Crippen LogP contribution is -2.35. The Hall–Kier alpha value is -2.21. The van der Waals surface area contributed by atoms with Gasteiger partial charge in [0.25, 0.3) is 0 Å². The van der Waals surface area contributed by atoms with E-state index < -0.39 is 0 Å². The zero-order chi connectivity index (χ0) is 15.2. The molecule has 2 aromatic rings. The highest BCUT2D eigenvalue weighted by Crippen LogP contribution is 2.21. The quantitative estimate of drug-likeness (QED) is 0.853.